The number of para-hydroxylation sites is 1. The zero-order chi connectivity index (χ0) is 38.1. The van der Waals surface area contributed by atoms with E-state index >= 15 is 0 Å². The van der Waals surface area contributed by atoms with Gasteiger partial charge in [-0.2, -0.15) is 0 Å². The van der Waals surface area contributed by atoms with Crippen LogP contribution in [0.4, 0.5) is 0 Å². The van der Waals surface area contributed by atoms with Crippen LogP contribution in [0.15, 0.2) is 184 Å². The van der Waals surface area contributed by atoms with E-state index in [0.29, 0.717) is 6.54 Å². The minimum atomic E-state index is -0.524. The molecular formula is C50H52N4. The zero-order valence-corrected chi connectivity index (χ0v) is 32.5. The van der Waals surface area contributed by atoms with Crippen molar-refractivity contribution in [3.8, 4) is 0 Å². The molecule has 2 atom stereocenters. The van der Waals surface area contributed by atoms with Crippen molar-refractivity contribution in [2.24, 2.45) is 15.9 Å². The van der Waals surface area contributed by atoms with Crippen molar-refractivity contribution in [3.05, 3.63) is 197 Å². The van der Waals surface area contributed by atoms with E-state index in [0.717, 1.165) is 69.8 Å². The molecular weight excluding hydrogens is 657 g/mol. The molecule has 272 valence electrons. The molecule has 54 heavy (non-hydrogen) atoms. The molecule has 0 fully saturated rings. The Morgan fingerprint density at radius 2 is 1.80 bits per heavy atom. The maximum atomic E-state index is 5.35. The summed E-state index contributed by atoms with van der Waals surface area (Å²) < 4.78 is 2.27. The Kier molecular flexibility index (Phi) is 12.1. The quantitative estimate of drug-likeness (QED) is 0.0774. The van der Waals surface area contributed by atoms with Gasteiger partial charge in [0.2, 0.25) is 0 Å². The average Bonchev–Trinajstić information content (AvgIpc) is 3.68. The molecule has 4 heteroatoms. The third kappa shape index (κ3) is 6.97. The molecule has 0 bridgehead atoms. The summed E-state index contributed by atoms with van der Waals surface area (Å²) in [6.45, 7) is 19.9. The van der Waals surface area contributed by atoms with E-state index in [1.165, 1.54) is 22.3 Å². The molecule has 0 saturated heterocycles. The van der Waals surface area contributed by atoms with Crippen LogP contribution in [0.2, 0.25) is 0 Å². The fourth-order valence-corrected chi connectivity index (χ4v) is 8.35. The molecule has 0 radical (unpaired) electrons. The topological polar surface area (TPSA) is 42.5 Å². The van der Waals surface area contributed by atoms with Crippen molar-refractivity contribution >= 4 is 35.1 Å². The molecule has 0 saturated carbocycles. The molecule has 2 unspecified atom stereocenters. The second-order valence-electron chi connectivity index (χ2n) is 13.8. The SMILES string of the molecule is C=Cc1c(C2=C(C)C3=C(CCC=C3)C2(c2ccccn2)C(C)/C=C\C=C/CC)c2ccccc2n1C(/C=C(N=C)/C(/C=C\C)=C/C)=NCc1ccccc1. The number of benzene rings is 2. The van der Waals surface area contributed by atoms with Crippen LogP contribution in [-0.4, -0.2) is 22.1 Å². The van der Waals surface area contributed by atoms with Gasteiger partial charge in [-0.1, -0.05) is 130 Å². The first-order valence-corrected chi connectivity index (χ1v) is 19.2. The minimum Gasteiger partial charge on any atom is -0.294 e. The molecule has 0 aliphatic heterocycles. The summed E-state index contributed by atoms with van der Waals surface area (Å²) in [6, 6.07) is 25.4. The van der Waals surface area contributed by atoms with Crippen LogP contribution in [0.25, 0.3) is 22.6 Å². The second-order valence-corrected chi connectivity index (χ2v) is 13.8. The van der Waals surface area contributed by atoms with Crippen molar-refractivity contribution in [3.63, 3.8) is 0 Å². The van der Waals surface area contributed by atoms with E-state index in [-0.39, 0.29) is 5.92 Å². The van der Waals surface area contributed by atoms with Crippen molar-refractivity contribution in [2.75, 3.05) is 0 Å². The lowest BCUT2D eigenvalue weighted by atomic mass is 9.62. The number of rotatable bonds is 13. The van der Waals surface area contributed by atoms with Crippen LogP contribution in [0, 0.1) is 5.92 Å². The molecule has 2 aliphatic rings. The molecule has 4 aromatic rings. The first-order valence-electron chi connectivity index (χ1n) is 19.2. The summed E-state index contributed by atoms with van der Waals surface area (Å²) in [7, 11) is 0. The van der Waals surface area contributed by atoms with Crippen LogP contribution in [0.3, 0.4) is 0 Å². The summed E-state index contributed by atoms with van der Waals surface area (Å²) in [5.41, 5.74) is 11.9. The number of aliphatic imine (C=N–C) groups is 2. The molecule has 0 spiro atoms. The second kappa shape index (κ2) is 17.3. The Balaban J connectivity index is 1.72. The van der Waals surface area contributed by atoms with Gasteiger partial charge >= 0.3 is 0 Å². The monoisotopic (exact) mass is 708 g/mol. The van der Waals surface area contributed by atoms with Gasteiger partial charge in [-0.15, -0.1) is 0 Å². The maximum absolute atomic E-state index is 5.35. The van der Waals surface area contributed by atoms with E-state index in [4.69, 9.17) is 9.98 Å². The normalized spacial score (nSPS) is 18.9. The Morgan fingerprint density at radius 1 is 1.02 bits per heavy atom. The van der Waals surface area contributed by atoms with Crippen LogP contribution >= 0.6 is 0 Å². The van der Waals surface area contributed by atoms with Crippen LogP contribution in [-0.2, 0) is 12.0 Å². The summed E-state index contributed by atoms with van der Waals surface area (Å²) in [6.07, 6.45) is 28.7. The van der Waals surface area contributed by atoms with Crippen LogP contribution < -0.4 is 0 Å². The summed E-state index contributed by atoms with van der Waals surface area (Å²) in [4.78, 5) is 15.1. The third-order valence-corrected chi connectivity index (χ3v) is 10.7. The highest BCUT2D eigenvalue weighted by Gasteiger charge is 2.52. The van der Waals surface area contributed by atoms with Crippen molar-refractivity contribution in [1.29, 1.82) is 0 Å². The molecule has 0 amide bonds. The Hall–Kier alpha value is -5.87. The number of aromatic nitrogens is 2. The number of hydrogen-bond acceptors (Lipinski definition) is 3. The molecule has 2 aliphatic carbocycles. The van der Waals surface area contributed by atoms with Gasteiger partial charge in [0.15, 0.2) is 0 Å². The molecule has 2 heterocycles. The Labute approximate surface area is 322 Å². The molecule has 4 nitrogen and oxygen atoms in total. The van der Waals surface area contributed by atoms with Gasteiger partial charge in [-0.05, 0) is 110 Å². The standard InChI is InChI=1S/C50H52N4/c1-8-12-13-15-25-36(5)50(46-32-22-23-33-52-46)42-30-20-18-28-40(42)37(6)49(50)48-41-29-19-21-31-45(41)54(44(48)11-4)47(53-35-38-26-16-14-17-27-38)34-43(51-7)39(10-3)24-9-2/h9-19,21-29,31-34,36H,4,7-8,20,30,35H2,1-3,5-6H3/b13-12-,24-9-,25-15-,39-10+,43-34-,53-47?. The molecule has 2 aromatic heterocycles. The lowest BCUT2D eigenvalue weighted by Crippen LogP contribution is -2.36. The molecule has 2 aromatic carbocycles. The lowest BCUT2D eigenvalue weighted by molar-refractivity contribution is 0.480. The highest BCUT2D eigenvalue weighted by molar-refractivity contribution is 6.11. The lowest BCUT2D eigenvalue weighted by Gasteiger charge is -2.41. The van der Waals surface area contributed by atoms with Gasteiger partial charge in [0.05, 0.1) is 34.6 Å². The van der Waals surface area contributed by atoms with E-state index in [1.54, 1.807) is 0 Å². The van der Waals surface area contributed by atoms with Gasteiger partial charge in [-0.3, -0.25) is 19.5 Å². The highest BCUT2D eigenvalue weighted by Crippen LogP contribution is 2.61. The summed E-state index contributed by atoms with van der Waals surface area (Å²) >= 11 is 0. The van der Waals surface area contributed by atoms with Gasteiger partial charge in [-0.25, -0.2) is 0 Å². The fourth-order valence-electron chi connectivity index (χ4n) is 8.35. The van der Waals surface area contributed by atoms with Gasteiger partial charge in [0.25, 0.3) is 0 Å². The van der Waals surface area contributed by atoms with Gasteiger partial charge in [0.1, 0.15) is 5.84 Å². The first kappa shape index (κ1) is 37.9. The molecule has 6 rings (SSSR count). The van der Waals surface area contributed by atoms with Gasteiger partial charge in [0, 0.05) is 23.2 Å². The number of hydrogen-bond donors (Lipinski definition) is 0. The zero-order valence-electron chi connectivity index (χ0n) is 32.5. The number of allylic oxidation sites excluding steroid dienone is 14. The number of fused-ring (bicyclic) bond motifs is 1. The number of nitrogens with zero attached hydrogens (tertiary/aromatic N) is 4. The van der Waals surface area contributed by atoms with Crippen LogP contribution in [0.1, 0.15) is 76.4 Å². The van der Waals surface area contributed by atoms with E-state index < -0.39 is 5.41 Å². The summed E-state index contributed by atoms with van der Waals surface area (Å²) in [5, 5.41) is 1.14. The third-order valence-electron chi connectivity index (χ3n) is 10.7. The van der Waals surface area contributed by atoms with E-state index in [1.807, 2.05) is 44.3 Å². The van der Waals surface area contributed by atoms with Crippen molar-refractivity contribution in [2.45, 2.75) is 65.8 Å². The predicted octanol–water partition coefficient (Wildman–Crippen LogP) is 12.8. The minimum absolute atomic E-state index is 0.0818. The smallest absolute Gasteiger partial charge is 0.135 e. The highest BCUT2D eigenvalue weighted by atomic mass is 15.1. The van der Waals surface area contributed by atoms with E-state index in [2.05, 4.69) is 159 Å². The van der Waals surface area contributed by atoms with Crippen molar-refractivity contribution < 1.29 is 0 Å². The predicted molar refractivity (Wildman–Crippen MR) is 233 cm³/mol. The Morgan fingerprint density at radius 3 is 2.50 bits per heavy atom. The Bertz CT molecular complexity index is 2300. The summed E-state index contributed by atoms with van der Waals surface area (Å²) in [5.74, 6) is 0.843. The maximum Gasteiger partial charge on any atom is 0.135 e. The molecule has 0 N–H and O–H groups in total. The largest absolute Gasteiger partial charge is 0.294 e. The van der Waals surface area contributed by atoms with Gasteiger partial charge < -0.3 is 0 Å². The average molecular weight is 709 g/mol. The fraction of sp³-hybridized carbons (Fsp3) is 0.220. The van der Waals surface area contributed by atoms with Crippen molar-refractivity contribution in [1.82, 2.24) is 9.55 Å². The van der Waals surface area contributed by atoms with Crippen LogP contribution in [0.5, 0.6) is 0 Å². The number of pyridine rings is 1. The first-order chi connectivity index (χ1) is 26.5. The van der Waals surface area contributed by atoms with E-state index in [9.17, 15) is 0 Å².